The molecular formula is C23H24BrIN2O3. The molecule has 0 unspecified atom stereocenters. The first kappa shape index (κ1) is 24.2. The first-order chi connectivity index (χ1) is 14.4. The van der Waals surface area contributed by atoms with Crippen LogP contribution in [-0.4, -0.2) is 18.6 Å². The lowest BCUT2D eigenvalue weighted by atomic mass is 10.1. The summed E-state index contributed by atoms with van der Waals surface area (Å²) in [5.74, 6) is 0.836. The van der Waals surface area contributed by atoms with Crippen molar-refractivity contribution in [3.8, 4) is 17.6 Å². The van der Waals surface area contributed by atoms with Gasteiger partial charge in [0.1, 0.15) is 18.2 Å². The van der Waals surface area contributed by atoms with E-state index in [4.69, 9.17) is 9.47 Å². The summed E-state index contributed by atoms with van der Waals surface area (Å²) in [5.41, 5.74) is 1.79. The normalized spacial score (nSPS) is 12.1. The fourth-order valence-corrected chi connectivity index (χ4v) is 3.57. The van der Waals surface area contributed by atoms with Crippen molar-refractivity contribution >= 4 is 50.5 Å². The van der Waals surface area contributed by atoms with Gasteiger partial charge in [0.15, 0.2) is 11.5 Å². The molecule has 158 valence electrons. The molecule has 0 heterocycles. The van der Waals surface area contributed by atoms with Crippen molar-refractivity contribution in [3.05, 3.63) is 61.1 Å². The Morgan fingerprint density at radius 2 is 1.97 bits per heavy atom. The molecule has 0 spiro atoms. The molecule has 1 amide bonds. The van der Waals surface area contributed by atoms with Gasteiger partial charge in [0.2, 0.25) is 0 Å². The lowest BCUT2D eigenvalue weighted by Gasteiger charge is -2.15. The molecule has 0 saturated heterocycles. The second kappa shape index (κ2) is 12.0. The third kappa shape index (κ3) is 7.03. The maximum atomic E-state index is 12.3. The Bertz CT molecular complexity index is 952. The highest BCUT2D eigenvalue weighted by molar-refractivity contribution is 14.1. The molecule has 7 heteroatoms. The molecule has 1 N–H and O–H groups in total. The summed E-state index contributed by atoms with van der Waals surface area (Å²) in [5, 5.41) is 12.2. The van der Waals surface area contributed by atoms with Crippen molar-refractivity contribution in [3.63, 3.8) is 0 Å². The first-order valence-corrected chi connectivity index (χ1v) is 11.5. The van der Waals surface area contributed by atoms with Gasteiger partial charge in [-0.2, -0.15) is 5.26 Å². The molecule has 0 saturated carbocycles. The van der Waals surface area contributed by atoms with Crippen LogP contribution in [0.5, 0.6) is 11.5 Å². The van der Waals surface area contributed by atoms with Crippen LogP contribution in [0.4, 0.5) is 0 Å². The van der Waals surface area contributed by atoms with Gasteiger partial charge in [-0.15, -0.1) is 0 Å². The van der Waals surface area contributed by atoms with E-state index in [1.807, 2.05) is 57.2 Å². The van der Waals surface area contributed by atoms with E-state index in [9.17, 15) is 10.1 Å². The first-order valence-electron chi connectivity index (χ1n) is 9.64. The van der Waals surface area contributed by atoms with Gasteiger partial charge in [0.05, 0.1) is 10.2 Å². The van der Waals surface area contributed by atoms with Crippen LogP contribution in [0.2, 0.25) is 0 Å². The van der Waals surface area contributed by atoms with Crippen LogP contribution in [0.3, 0.4) is 0 Å². The van der Waals surface area contributed by atoms with Crippen molar-refractivity contribution in [1.29, 1.82) is 5.26 Å². The van der Waals surface area contributed by atoms with E-state index in [0.29, 0.717) is 30.3 Å². The molecular weight excluding hydrogens is 559 g/mol. The fraction of sp³-hybridized carbons (Fsp3) is 0.304. The summed E-state index contributed by atoms with van der Waals surface area (Å²) in [7, 11) is 0. The average molecular weight is 583 g/mol. The third-order valence-corrected chi connectivity index (χ3v) is 5.62. The lowest BCUT2D eigenvalue weighted by Crippen LogP contribution is -2.32. The lowest BCUT2D eigenvalue weighted by molar-refractivity contribution is -0.117. The smallest absolute Gasteiger partial charge is 0.262 e. The second-order valence-corrected chi connectivity index (χ2v) is 8.71. The molecule has 5 nitrogen and oxygen atoms in total. The molecule has 0 bridgehead atoms. The summed E-state index contributed by atoms with van der Waals surface area (Å²) in [6.45, 7) is 6.65. The Labute approximate surface area is 199 Å². The number of carbonyl (C=O) groups is 1. The summed E-state index contributed by atoms with van der Waals surface area (Å²) >= 11 is 5.60. The number of ether oxygens (including phenoxy) is 2. The van der Waals surface area contributed by atoms with Gasteiger partial charge in [-0.3, -0.25) is 4.79 Å². The molecule has 0 radical (unpaired) electrons. The Hall–Kier alpha value is -2.05. The highest BCUT2D eigenvalue weighted by Gasteiger charge is 2.15. The van der Waals surface area contributed by atoms with Crippen molar-refractivity contribution in [2.45, 2.75) is 39.8 Å². The van der Waals surface area contributed by atoms with E-state index in [1.165, 1.54) is 0 Å². The number of carbonyl (C=O) groups excluding carboxylic acids is 1. The van der Waals surface area contributed by atoms with Crippen LogP contribution in [-0.2, 0) is 11.4 Å². The number of hydrogen-bond acceptors (Lipinski definition) is 4. The highest BCUT2D eigenvalue weighted by Crippen LogP contribution is 2.35. The van der Waals surface area contributed by atoms with Crippen LogP contribution in [0.15, 0.2) is 46.4 Å². The standard InChI is InChI=1S/C23H24BrIN2O3/c1-4-15(3)27-23(28)18(13-26)10-17-11-20(25)22(21(12-17)29-5-2)30-14-16-6-8-19(24)9-7-16/h6-12,15H,4-5,14H2,1-3H3,(H,27,28)/b18-10+/t15-/m1/s1. The van der Waals surface area contributed by atoms with Crippen LogP contribution in [0.1, 0.15) is 38.3 Å². The maximum absolute atomic E-state index is 12.3. The van der Waals surface area contributed by atoms with Crippen molar-refractivity contribution in [2.75, 3.05) is 6.61 Å². The molecule has 30 heavy (non-hydrogen) atoms. The Morgan fingerprint density at radius 1 is 1.27 bits per heavy atom. The van der Waals surface area contributed by atoms with E-state index >= 15 is 0 Å². The van der Waals surface area contributed by atoms with E-state index in [0.717, 1.165) is 20.0 Å². The number of amides is 1. The molecule has 0 aliphatic carbocycles. The van der Waals surface area contributed by atoms with E-state index in [2.05, 4.69) is 43.8 Å². The van der Waals surface area contributed by atoms with Crippen LogP contribution in [0.25, 0.3) is 6.08 Å². The largest absolute Gasteiger partial charge is 0.490 e. The van der Waals surface area contributed by atoms with Gasteiger partial charge in [0, 0.05) is 10.5 Å². The Balaban J connectivity index is 2.29. The minimum absolute atomic E-state index is 0.00255. The number of nitrogens with one attached hydrogen (secondary N) is 1. The number of halogens is 2. The molecule has 2 rings (SSSR count). The summed E-state index contributed by atoms with van der Waals surface area (Å²) in [6.07, 6.45) is 2.36. The molecule has 0 fully saturated rings. The van der Waals surface area contributed by atoms with Crippen LogP contribution >= 0.6 is 38.5 Å². The monoisotopic (exact) mass is 582 g/mol. The number of nitrogens with zero attached hydrogens (tertiary/aromatic N) is 1. The number of hydrogen-bond donors (Lipinski definition) is 1. The highest BCUT2D eigenvalue weighted by atomic mass is 127. The molecule has 0 aromatic heterocycles. The minimum Gasteiger partial charge on any atom is -0.490 e. The summed E-state index contributed by atoms with van der Waals surface area (Å²) in [4.78, 5) is 12.3. The second-order valence-electron chi connectivity index (χ2n) is 6.63. The van der Waals surface area contributed by atoms with E-state index < -0.39 is 0 Å². The Kier molecular flexibility index (Phi) is 9.66. The van der Waals surface area contributed by atoms with Crippen LogP contribution in [0, 0.1) is 14.9 Å². The average Bonchev–Trinajstić information content (AvgIpc) is 2.72. The third-order valence-electron chi connectivity index (χ3n) is 4.29. The topological polar surface area (TPSA) is 71.3 Å². The zero-order valence-corrected chi connectivity index (χ0v) is 20.9. The van der Waals surface area contributed by atoms with Gasteiger partial charge in [0.25, 0.3) is 5.91 Å². The van der Waals surface area contributed by atoms with Crippen molar-refractivity contribution < 1.29 is 14.3 Å². The molecule has 0 aliphatic heterocycles. The van der Waals surface area contributed by atoms with Crippen molar-refractivity contribution in [1.82, 2.24) is 5.32 Å². The van der Waals surface area contributed by atoms with Gasteiger partial charge in [-0.1, -0.05) is 35.0 Å². The van der Waals surface area contributed by atoms with Gasteiger partial charge in [-0.25, -0.2) is 0 Å². The number of nitriles is 1. The van der Waals surface area contributed by atoms with Gasteiger partial charge < -0.3 is 14.8 Å². The summed E-state index contributed by atoms with van der Waals surface area (Å²) in [6, 6.07) is 13.6. The zero-order chi connectivity index (χ0) is 22.1. The minimum atomic E-state index is -0.379. The maximum Gasteiger partial charge on any atom is 0.262 e. The van der Waals surface area contributed by atoms with Gasteiger partial charge in [-0.05, 0) is 84.3 Å². The van der Waals surface area contributed by atoms with E-state index in [1.54, 1.807) is 12.1 Å². The van der Waals surface area contributed by atoms with E-state index in [-0.39, 0.29) is 17.5 Å². The SMILES string of the molecule is CCOc1cc(/C=C(\C#N)C(=O)N[C@H](C)CC)cc(I)c1OCc1ccc(Br)cc1. The fourth-order valence-electron chi connectivity index (χ4n) is 2.53. The predicted octanol–water partition coefficient (Wildman–Crippen LogP) is 5.85. The summed E-state index contributed by atoms with van der Waals surface area (Å²) < 4.78 is 13.7. The van der Waals surface area contributed by atoms with Crippen molar-refractivity contribution in [2.24, 2.45) is 0 Å². The quantitative estimate of drug-likeness (QED) is 0.229. The zero-order valence-electron chi connectivity index (χ0n) is 17.2. The predicted molar refractivity (Wildman–Crippen MR) is 130 cm³/mol. The molecule has 1 atom stereocenters. The van der Waals surface area contributed by atoms with Gasteiger partial charge >= 0.3 is 0 Å². The molecule has 2 aromatic carbocycles. The Morgan fingerprint density at radius 3 is 2.57 bits per heavy atom. The number of benzene rings is 2. The number of rotatable bonds is 9. The molecule has 2 aromatic rings. The van der Waals surface area contributed by atoms with Crippen LogP contribution < -0.4 is 14.8 Å². The molecule has 0 aliphatic rings.